The molecule has 17 heavy (non-hydrogen) atoms. The highest BCUT2D eigenvalue weighted by molar-refractivity contribution is 4.71. The van der Waals surface area contributed by atoms with Crippen LogP contribution in [0.5, 0.6) is 0 Å². The first kappa shape index (κ1) is 14.9. The summed E-state index contributed by atoms with van der Waals surface area (Å²) in [6.07, 6.45) is 8.12. The topological polar surface area (TPSA) is 24.5 Å². The standard InChI is InChI=1S/C14H30N2O/c1-15-9-5-3-4-6-10-16-11-7-14(8-12-16)13-17-2/h14-15H,3-13H2,1-2H3. The smallest absolute Gasteiger partial charge is 0.0491 e. The molecule has 1 aliphatic rings. The Bertz CT molecular complexity index is 168. The van der Waals surface area contributed by atoms with Crippen molar-refractivity contribution in [1.82, 2.24) is 10.2 Å². The first-order valence-electron chi connectivity index (χ1n) is 7.22. The summed E-state index contributed by atoms with van der Waals surface area (Å²) in [5.74, 6) is 0.812. The van der Waals surface area contributed by atoms with E-state index in [4.69, 9.17) is 4.74 Å². The van der Waals surface area contributed by atoms with E-state index in [9.17, 15) is 0 Å². The Morgan fingerprint density at radius 2 is 1.82 bits per heavy atom. The van der Waals surface area contributed by atoms with Crippen molar-refractivity contribution in [3.63, 3.8) is 0 Å². The normalized spacial score (nSPS) is 18.7. The van der Waals surface area contributed by atoms with Crippen molar-refractivity contribution in [2.45, 2.75) is 38.5 Å². The van der Waals surface area contributed by atoms with Crippen molar-refractivity contribution in [2.24, 2.45) is 5.92 Å². The van der Waals surface area contributed by atoms with Gasteiger partial charge in [0.05, 0.1) is 0 Å². The molecule has 0 aromatic carbocycles. The second-order valence-corrected chi connectivity index (χ2v) is 5.26. The molecule has 0 saturated carbocycles. The number of hydrogen-bond acceptors (Lipinski definition) is 3. The lowest BCUT2D eigenvalue weighted by Gasteiger charge is -2.31. The molecular formula is C14H30N2O. The molecule has 0 bridgehead atoms. The molecule has 1 N–H and O–H groups in total. The van der Waals surface area contributed by atoms with Crippen LogP contribution in [0.15, 0.2) is 0 Å². The van der Waals surface area contributed by atoms with Crippen LogP contribution in [0.1, 0.15) is 38.5 Å². The van der Waals surface area contributed by atoms with Gasteiger partial charge in [-0.15, -0.1) is 0 Å². The molecule has 0 aromatic heterocycles. The molecule has 1 aliphatic heterocycles. The van der Waals surface area contributed by atoms with Gasteiger partial charge in [0, 0.05) is 13.7 Å². The molecular weight excluding hydrogens is 212 g/mol. The van der Waals surface area contributed by atoms with Gasteiger partial charge in [0.15, 0.2) is 0 Å². The van der Waals surface area contributed by atoms with Gasteiger partial charge in [-0.25, -0.2) is 0 Å². The molecule has 0 radical (unpaired) electrons. The number of unbranched alkanes of at least 4 members (excludes halogenated alkanes) is 3. The van der Waals surface area contributed by atoms with Crippen LogP contribution in [0.25, 0.3) is 0 Å². The molecule has 0 aromatic rings. The fraction of sp³-hybridized carbons (Fsp3) is 1.00. The Labute approximate surface area is 107 Å². The van der Waals surface area contributed by atoms with E-state index in [1.165, 1.54) is 64.7 Å². The Balaban J connectivity index is 1.91. The first-order valence-corrected chi connectivity index (χ1v) is 7.22. The van der Waals surface area contributed by atoms with Gasteiger partial charge in [-0.05, 0) is 64.8 Å². The third kappa shape index (κ3) is 7.02. The van der Waals surface area contributed by atoms with E-state index in [1.54, 1.807) is 0 Å². The van der Waals surface area contributed by atoms with Gasteiger partial charge in [-0.3, -0.25) is 0 Å². The first-order chi connectivity index (χ1) is 8.36. The minimum Gasteiger partial charge on any atom is -0.384 e. The maximum Gasteiger partial charge on any atom is 0.0491 e. The molecule has 0 spiro atoms. The van der Waals surface area contributed by atoms with E-state index in [0.29, 0.717) is 0 Å². The summed E-state index contributed by atoms with van der Waals surface area (Å²) >= 11 is 0. The van der Waals surface area contributed by atoms with Crippen molar-refractivity contribution >= 4 is 0 Å². The van der Waals surface area contributed by atoms with E-state index in [2.05, 4.69) is 10.2 Å². The molecule has 1 fully saturated rings. The second-order valence-electron chi connectivity index (χ2n) is 5.26. The van der Waals surface area contributed by atoms with Crippen LogP contribution in [0.2, 0.25) is 0 Å². The van der Waals surface area contributed by atoms with E-state index in [0.717, 1.165) is 12.5 Å². The lowest BCUT2D eigenvalue weighted by atomic mass is 9.97. The molecule has 3 heteroatoms. The summed E-state index contributed by atoms with van der Waals surface area (Å²) in [6, 6.07) is 0. The summed E-state index contributed by atoms with van der Waals surface area (Å²) in [6.45, 7) is 5.99. The highest BCUT2D eigenvalue weighted by Gasteiger charge is 2.18. The van der Waals surface area contributed by atoms with Gasteiger partial charge in [-0.1, -0.05) is 12.8 Å². The Morgan fingerprint density at radius 3 is 2.47 bits per heavy atom. The summed E-state index contributed by atoms with van der Waals surface area (Å²) < 4.78 is 5.23. The number of ether oxygens (including phenoxy) is 1. The highest BCUT2D eigenvalue weighted by atomic mass is 16.5. The highest BCUT2D eigenvalue weighted by Crippen LogP contribution is 2.17. The number of nitrogens with one attached hydrogen (secondary N) is 1. The maximum atomic E-state index is 5.23. The van der Waals surface area contributed by atoms with Gasteiger partial charge in [0.1, 0.15) is 0 Å². The SMILES string of the molecule is CNCCCCCCN1CCC(COC)CC1. The van der Waals surface area contributed by atoms with E-state index < -0.39 is 0 Å². The van der Waals surface area contributed by atoms with Crippen molar-refractivity contribution in [3.8, 4) is 0 Å². The molecule has 3 nitrogen and oxygen atoms in total. The number of rotatable bonds is 9. The summed E-state index contributed by atoms with van der Waals surface area (Å²) in [7, 11) is 3.85. The van der Waals surface area contributed by atoms with Gasteiger partial charge in [0.2, 0.25) is 0 Å². The monoisotopic (exact) mass is 242 g/mol. The Morgan fingerprint density at radius 1 is 1.12 bits per heavy atom. The quantitative estimate of drug-likeness (QED) is 0.627. The fourth-order valence-electron chi connectivity index (χ4n) is 2.60. The molecule has 1 heterocycles. The van der Waals surface area contributed by atoms with Gasteiger partial charge in [-0.2, -0.15) is 0 Å². The molecule has 102 valence electrons. The second kappa shape index (κ2) is 9.86. The number of hydrogen-bond donors (Lipinski definition) is 1. The Hall–Kier alpha value is -0.120. The predicted octanol–water partition coefficient (Wildman–Crippen LogP) is 2.12. The lowest BCUT2D eigenvalue weighted by molar-refractivity contribution is 0.0988. The van der Waals surface area contributed by atoms with Gasteiger partial charge >= 0.3 is 0 Å². The predicted molar refractivity (Wildman–Crippen MR) is 73.4 cm³/mol. The van der Waals surface area contributed by atoms with Crippen molar-refractivity contribution in [3.05, 3.63) is 0 Å². The minimum atomic E-state index is 0.812. The van der Waals surface area contributed by atoms with Crippen molar-refractivity contribution < 1.29 is 4.74 Å². The van der Waals surface area contributed by atoms with Crippen LogP contribution in [-0.2, 0) is 4.74 Å². The van der Waals surface area contributed by atoms with E-state index >= 15 is 0 Å². The average molecular weight is 242 g/mol. The third-order valence-corrected chi connectivity index (χ3v) is 3.76. The van der Waals surface area contributed by atoms with Gasteiger partial charge < -0.3 is 15.0 Å². The fourth-order valence-corrected chi connectivity index (χ4v) is 2.60. The molecule has 1 rings (SSSR count). The zero-order valence-electron chi connectivity index (χ0n) is 11.7. The minimum absolute atomic E-state index is 0.812. The van der Waals surface area contributed by atoms with Gasteiger partial charge in [0.25, 0.3) is 0 Å². The zero-order valence-corrected chi connectivity index (χ0v) is 11.7. The van der Waals surface area contributed by atoms with E-state index in [-0.39, 0.29) is 0 Å². The molecule has 0 unspecified atom stereocenters. The number of nitrogens with zero attached hydrogens (tertiary/aromatic N) is 1. The number of methoxy groups -OCH3 is 1. The molecule has 0 aliphatic carbocycles. The number of piperidine rings is 1. The van der Waals surface area contributed by atoms with E-state index in [1.807, 2.05) is 14.2 Å². The van der Waals surface area contributed by atoms with Crippen LogP contribution in [0, 0.1) is 5.92 Å². The van der Waals surface area contributed by atoms with Crippen LogP contribution < -0.4 is 5.32 Å². The zero-order chi connectivity index (χ0) is 12.3. The summed E-state index contributed by atoms with van der Waals surface area (Å²) in [4.78, 5) is 2.63. The molecule has 0 atom stereocenters. The van der Waals surface area contributed by atoms with Crippen LogP contribution in [0.4, 0.5) is 0 Å². The summed E-state index contributed by atoms with van der Waals surface area (Å²) in [5.41, 5.74) is 0. The van der Waals surface area contributed by atoms with Crippen LogP contribution >= 0.6 is 0 Å². The number of likely N-dealkylation sites (tertiary alicyclic amines) is 1. The van der Waals surface area contributed by atoms with Crippen molar-refractivity contribution in [1.29, 1.82) is 0 Å². The lowest BCUT2D eigenvalue weighted by Crippen LogP contribution is -2.35. The summed E-state index contributed by atoms with van der Waals surface area (Å²) in [5, 5.41) is 3.20. The Kier molecular flexibility index (Phi) is 8.67. The molecule has 0 amide bonds. The maximum absolute atomic E-state index is 5.23. The average Bonchev–Trinajstić information content (AvgIpc) is 2.36. The molecule has 1 saturated heterocycles. The largest absolute Gasteiger partial charge is 0.384 e. The van der Waals surface area contributed by atoms with Crippen LogP contribution in [-0.4, -0.2) is 51.8 Å². The van der Waals surface area contributed by atoms with Crippen molar-refractivity contribution in [2.75, 3.05) is 46.9 Å². The third-order valence-electron chi connectivity index (χ3n) is 3.76. The van der Waals surface area contributed by atoms with Crippen LogP contribution in [0.3, 0.4) is 0 Å².